The number of rotatable bonds is 2. The molecule has 0 bridgehead atoms. The largest absolute Gasteiger partial charge is 0.447 e. The maximum Gasteiger partial charge on any atom is 0.410 e. The second kappa shape index (κ2) is 4.38. The van der Waals surface area contributed by atoms with Gasteiger partial charge in [0.2, 0.25) is 0 Å². The van der Waals surface area contributed by atoms with Gasteiger partial charge in [-0.3, -0.25) is 0 Å². The van der Waals surface area contributed by atoms with Crippen molar-refractivity contribution in [1.29, 1.82) is 0 Å². The summed E-state index contributed by atoms with van der Waals surface area (Å²) in [4.78, 5) is 12.8. The molecule has 1 fully saturated rings. The first-order valence-corrected chi connectivity index (χ1v) is 6.78. The van der Waals surface area contributed by atoms with Gasteiger partial charge in [0.15, 0.2) is 9.84 Å². The number of ether oxygens (including phenoxy) is 1. The minimum atomic E-state index is -2.95. The Kier molecular flexibility index (Phi) is 3.59. The maximum absolute atomic E-state index is 11.5. The Morgan fingerprint density at radius 2 is 2.07 bits per heavy atom. The zero-order valence-corrected chi connectivity index (χ0v) is 10.1. The average molecular weight is 235 g/mol. The molecule has 1 heterocycles. The van der Waals surface area contributed by atoms with E-state index in [4.69, 9.17) is 4.74 Å². The predicted octanol–water partition coefficient (Wildman–Crippen LogP) is 0.650. The topological polar surface area (TPSA) is 63.7 Å². The highest BCUT2D eigenvalue weighted by atomic mass is 32.2. The Morgan fingerprint density at radius 1 is 1.47 bits per heavy atom. The minimum absolute atomic E-state index is 0.0523. The van der Waals surface area contributed by atoms with Crippen LogP contribution in [-0.2, 0) is 14.6 Å². The Balaban J connectivity index is 2.55. The summed E-state index contributed by atoms with van der Waals surface area (Å²) in [7, 11) is -1.37. The van der Waals surface area contributed by atoms with Crippen LogP contribution in [0, 0.1) is 0 Å². The van der Waals surface area contributed by atoms with Gasteiger partial charge in [0.25, 0.3) is 0 Å². The van der Waals surface area contributed by atoms with Crippen LogP contribution in [0.1, 0.15) is 20.3 Å². The van der Waals surface area contributed by atoms with E-state index < -0.39 is 15.9 Å². The van der Waals surface area contributed by atoms with Crippen LogP contribution in [0.4, 0.5) is 4.79 Å². The highest BCUT2D eigenvalue weighted by molar-refractivity contribution is 7.91. The van der Waals surface area contributed by atoms with Crippen LogP contribution in [0.25, 0.3) is 0 Å². The van der Waals surface area contributed by atoms with Crippen molar-refractivity contribution in [3.63, 3.8) is 0 Å². The van der Waals surface area contributed by atoms with Crippen molar-refractivity contribution in [3.05, 3.63) is 0 Å². The van der Waals surface area contributed by atoms with Gasteiger partial charge in [-0.15, -0.1) is 0 Å². The lowest BCUT2D eigenvalue weighted by Crippen LogP contribution is -2.39. The second-order valence-corrected chi connectivity index (χ2v) is 6.33. The van der Waals surface area contributed by atoms with Crippen LogP contribution in [0.2, 0.25) is 0 Å². The maximum atomic E-state index is 11.5. The lowest BCUT2D eigenvalue weighted by atomic mass is 10.2. The molecule has 1 aliphatic rings. The zero-order valence-electron chi connectivity index (χ0n) is 9.26. The standard InChI is InChI=1S/C9H17NO4S/c1-7(2)14-9(11)10(3)8-4-5-15(12,13)6-8/h7-8H,4-6H2,1-3H3. The van der Waals surface area contributed by atoms with Crippen molar-refractivity contribution < 1.29 is 17.9 Å². The number of sulfone groups is 1. The molecule has 1 atom stereocenters. The quantitative estimate of drug-likeness (QED) is 0.705. The molecule has 0 aliphatic carbocycles. The zero-order chi connectivity index (χ0) is 11.6. The molecule has 5 nitrogen and oxygen atoms in total. The summed E-state index contributed by atoms with van der Waals surface area (Å²) >= 11 is 0. The van der Waals surface area contributed by atoms with Crippen molar-refractivity contribution in [2.45, 2.75) is 32.4 Å². The summed E-state index contributed by atoms with van der Waals surface area (Å²) in [6.45, 7) is 3.52. The Labute approximate surface area is 90.3 Å². The first-order valence-electron chi connectivity index (χ1n) is 4.95. The van der Waals surface area contributed by atoms with E-state index >= 15 is 0 Å². The van der Waals surface area contributed by atoms with E-state index in [2.05, 4.69) is 0 Å². The SMILES string of the molecule is CC(C)OC(=O)N(C)C1CCS(=O)(=O)C1. The van der Waals surface area contributed by atoms with Crippen molar-refractivity contribution in [1.82, 2.24) is 4.90 Å². The van der Waals surface area contributed by atoms with E-state index in [9.17, 15) is 13.2 Å². The van der Waals surface area contributed by atoms with E-state index in [1.807, 2.05) is 0 Å². The van der Waals surface area contributed by atoms with Gasteiger partial charge in [-0.1, -0.05) is 0 Å². The number of nitrogens with zero attached hydrogens (tertiary/aromatic N) is 1. The molecule has 88 valence electrons. The summed E-state index contributed by atoms with van der Waals surface area (Å²) in [6, 6.07) is -0.235. The fourth-order valence-corrected chi connectivity index (χ4v) is 3.29. The second-order valence-electron chi connectivity index (χ2n) is 4.10. The van der Waals surface area contributed by atoms with Crippen LogP contribution in [-0.4, -0.2) is 50.1 Å². The summed E-state index contributed by atoms with van der Waals surface area (Å²) < 4.78 is 27.4. The fraction of sp³-hybridized carbons (Fsp3) is 0.889. The number of carbonyl (C=O) groups is 1. The Bertz CT molecular complexity index is 336. The number of hydrogen-bond donors (Lipinski definition) is 0. The molecule has 0 aromatic rings. The van der Waals surface area contributed by atoms with Gasteiger partial charge in [-0.2, -0.15) is 0 Å². The molecule has 0 N–H and O–H groups in total. The number of amides is 1. The molecule has 1 rings (SSSR count). The third-order valence-corrected chi connectivity index (χ3v) is 4.13. The molecule has 0 aromatic heterocycles. The lowest BCUT2D eigenvalue weighted by Gasteiger charge is -2.23. The summed E-state index contributed by atoms with van der Waals surface area (Å²) in [5.74, 6) is 0.216. The Hall–Kier alpha value is -0.780. The van der Waals surface area contributed by atoms with Crippen molar-refractivity contribution in [2.24, 2.45) is 0 Å². The molecule has 0 spiro atoms. The molecule has 1 amide bonds. The van der Waals surface area contributed by atoms with Gasteiger partial charge in [0.1, 0.15) is 0 Å². The smallest absolute Gasteiger partial charge is 0.410 e. The van der Waals surface area contributed by atoms with Crippen LogP contribution in [0.3, 0.4) is 0 Å². The van der Waals surface area contributed by atoms with E-state index in [0.29, 0.717) is 6.42 Å². The molecule has 1 aliphatic heterocycles. The van der Waals surface area contributed by atoms with Crippen LogP contribution in [0.15, 0.2) is 0 Å². The monoisotopic (exact) mass is 235 g/mol. The molecule has 15 heavy (non-hydrogen) atoms. The fourth-order valence-electron chi connectivity index (χ4n) is 1.51. The lowest BCUT2D eigenvalue weighted by molar-refractivity contribution is 0.0753. The van der Waals surface area contributed by atoms with Crippen molar-refractivity contribution in [2.75, 3.05) is 18.6 Å². The summed E-state index contributed by atoms with van der Waals surface area (Å²) in [6.07, 6.45) is -0.128. The van der Waals surface area contributed by atoms with E-state index in [0.717, 1.165) is 0 Å². The van der Waals surface area contributed by atoms with Gasteiger partial charge in [0.05, 0.1) is 17.6 Å². The van der Waals surface area contributed by atoms with E-state index in [-0.39, 0.29) is 23.7 Å². The van der Waals surface area contributed by atoms with Crippen LogP contribution < -0.4 is 0 Å². The molecule has 0 radical (unpaired) electrons. The highest BCUT2D eigenvalue weighted by Gasteiger charge is 2.33. The van der Waals surface area contributed by atoms with Crippen LogP contribution >= 0.6 is 0 Å². The van der Waals surface area contributed by atoms with Gasteiger partial charge >= 0.3 is 6.09 Å². The molecule has 0 aromatic carbocycles. The van der Waals surface area contributed by atoms with Crippen molar-refractivity contribution in [3.8, 4) is 0 Å². The molecular weight excluding hydrogens is 218 g/mol. The first kappa shape index (κ1) is 12.3. The van der Waals surface area contributed by atoms with Gasteiger partial charge in [-0.05, 0) is 20.3 Å². The van der Waals surface area contributed by atoms with E-state index in [1.54, 1.807) is 20.9 Å². The summed E-state index contributed by atoms with van der Waals surface area (Å²) in [5.41, 5.74) is 0. The molecule has 0 saturated carbocycles. The van der Waals surface area contributed by atoms with Gasteiger partial charge < -0.3 is 9.64 Å². The number of hydrogen-bond acceptors (Lipinski definition) is 4. The molecule has 1 saturated heterocycles. The van der Waals surface area contributed by atoms with Crippen LogP contribution in [0.5, 0.6) is 0 Å². The highest BCUT2D eigenvalue weighted by Crippen LogP contribution is 2.17. The Morgan fingerprint density at radius 3 is 2.47 bits per heavy atom. The first-order chi connectivity index (χ1) is 6.82. The predicted molar refractivity (Wildman–Crippen MR) is 56.4 cm³/mol. The minimum Gasteiger partial charge on any atom is -0.447 e. The molecule has 1 unspecified atom stereocenters. The summed E-state index contributed by atoms with van der Waals surface area (Å²) in [5, 5.41) is 0. The third kappa shape index (κ3) is 3.37. The van der Waals surface area contributed by atoms with Gasteiger partial charge in [0, 0.05) is 13.1 Å². The third-order valence-electron chi connectivity index (χ3n) is 2.38. The van der Waals surface area contributed by atoms with Gasteiger partial charge in [-0.25, -0.2) is 13.2 Å². The van der Waals surface area contributed by atoms with E-state index in [1.165, 1.54) is 4.90 Å². The number of carbonyl (C=O) groups excluding carboxylic acids is 1. The van der Waals surface area contributed by atoms with Crippen molar-refractivity contribution >= 4 is 15.9 Å². The molecular formula is C9H17NO4S. The average Bonchev–Trinajstić information content (AvgIpc) is 2.43. The molecule has 6 heteroatoms. The normalized spacial score (nSPS) is 24.1.